The predicted octanol–water partition coefficient (Wildman–Crippen LogP) is 1.41. The Labute approximate surface area is 113 Å². The minimum atomic E-state index is -0.345. The van der Waals surface area contributed by atoms with Gasteiger partial charge < -0.3 is 9.80 Å². The number of fused-ring (bicyclic) bond motifs is 1. The summed E-state index contributed by atoms with van der Waals surface area (Å²) in [4.78, 5) is 28.3. The van der Waals surface area contributed by atoms with E-state index in [1.54, 1.807) is 9.80 Å². The molecule has 2 fully saturated rings. The lowest BCUT2D eigenvalue weighted by atomic mass is 10.0. The Morgan fingerprint density at radius 1 is 1.16 bits per heavy atom. The zero-order chi connectivity index (χ0) is 13.4. The van der Waals surface area contributed by atoms with Crippen LogP contribution in [-0.2, 0) is 16.1 Å². The van der Waals surface area contributed by atoms with Crippen LogP contribution in [0.2, 0.25) is 0 Å². The summed E-state index contributed by atoms with van der Waals surface area (Å²) in [5.41, 5.74) is 1.07. The fourth-order valence-electron chi connectivity index (χ4n) is 3.04. The minimum Gasteiger partial charge on any atom is -0.329 e. The number of hydrogen-bond donors (Lipinski definition) is 0. The van der Waals surface area contributed by atoms with E-state index in [-0.39, 0.29) is 23.9 Å². The van der Waals surface area contributed by atoms with E-state index in [1.807, 2.05) is 37.3 Å². The van der Waals surface area contributed by atoms with Gasteiger partial charge in [0.1, 0.15) is 12.1 Å². The predicted molar refractivity (Wildman–Crippen MR) is 71.2 cm³/mol. The number of piperazine rings is 1. The molecule has 1 aromatic carbocycles. The van der Waals surface area contributed by atoms with Gasteiger partial charge in [-0.3, -0.25) is 9.59 Å². The van der Waals surface area contributed by atoms with Crippen LogP contribution >= 0.6 is 0 Å². The standard InChI is InChI=1S/C15H18N2O2/c1-11-14(18)16-9-5-8-13(16)15(19)17(11)10-12-6-3-2-4-7-12/h2-4,6-7,11,13H,5,8-10H2,1H3. The van der Waals surface area contributed by atoms with Crippen molar-refractivity contribution in [2.45, 2.75) is 38.4 Å². The Bertz CT molecular complexity index is 500. The lowest BCUT2D eigenvalue weighted by Gasteiger charge is -2.41. The van der Waals surface area contributed by atoms with Gasteiger partial charge in [0.15, 0.2) is 0 Å². The largest absolute Gasteiger partial charge is 0.329 e. The van der Waals surface area contributed by atoms with E-state index < -0.39 is 0 Å². The molecular formula is C15H18N2O2. The molecule has 0 radical (unpaired) electrons. The van der Waals surface area contributed by atoms with Crippen LogP contribution in [0.15, 0.2) is 30.3 Å². The van der Waals surface area contributed by atoms with Gasteiger partial charge in [0, 0.05) is 13.1 Å². The summed E-state index contributed by atoms with van der Waals surface area (Å²) < 4.78 is 0. The summed E-state index contributed by atoms with van der Waals surface area (Å²) in [6, 6.07) is 9.29. The number of amides is 2. The van der Waals surface area contributed by atoms with E-state index in [0.717, 1.165) is 24.9 Å². The summed E-state index contributed by atoms with van der Waals surface area (Å²) in [6.07, 6.45) is 1.75. The zero-order valence-electron chi connectivity index (χ0n) is 11.1. The topological polar surface area (TPSA) is 40.6 Å². The van der Waals surface area contributed by atoms with Gasteiger partial charge in [-0.15, -0.1) is 0 Å². The van der Waals surface area contributed by atoms with Crippen molar-refractivity contribution in [2.24, 2.45) is 0 Å². The first-order valence-corrected chi connectivity index (χ1v) is 6.83. The van der Waals surface area contributed by atoms with Crippen molar-refractivity contribution in [1.82, 2.24) is 9.80 Å². The number of rotatable bonds is 2. The summed E-state index contributed by atoms with van der Waals surface area (Å²) in [7, 11) is 0. The summed E-state index contributed by atoms with van der Waals surface area (Å²) in [6.45, 7) is 3.09. The first kappa shape index (κ1) is 12.2. The van der Waals surface area contributed by atoms with Crippen molar-refractivity contribution in [1.29, 1.82) is 0 Å². The summed E-state index contributed by atoms with van der Waals surface area (Å²) in [5.74, 6) is 0.200. The first-order valence-electron chi connectivity index (χ1n) is 6.83. The Kier molecular flexibility index (Phi) is 3.01. The average Bonchev–Trinajstić information content (AvgIpc) is 2.92. The lowest BCUT2D eigenvalue weighted by Crippen LogP contribution is -2.61. The quantitative estimate of drug-likeness (QED) is 0.804. The van der Waals surface area contributed by atoms with Crippen molar-refractivity contribution >= 4 is 11.8 Å². The number of carbonyl (C=O) groups excluding carboxylic acids is 2. The molecule has 2 unspecified atom stereocenters. The number of carbonyl (C=O) groups is 2. The second-order valence-electron chi connectivity index (χ2n) is 5.32. The molecule has 2 heterocycles. The van der Waals surface area contributed by atoms with Gasteiger partial charge in [-0.05, 0) is 25.3 Å². The Balaban J connectivity index is 1.84. The fourth-order valence-corrected chi connectivity index (χ4v) is 3.04. The second kappa shape index (κ2) is 4.68. The normalized spacial score (nSPS) is 26.8. The highest BCUT2D eigenvalue weighted by atomic mass is 16.2. The molecule has 0 aliphatic carbocycles. The van der Waals surface area contributed by atoms with Crippen LogP contribution in [0.3, 0.4) is 0 Å². The van der Waals surface area contributed by atoms with Crippen molar-refractivity contribution in [2.75, 3.05) is 6.54 Å². The Morgan fingerprint density at radius 3 is 2.63 bits per heavy atom. The lowest BCUT2D eigenvalue weighted by molar-refractivity contribution is -0.159. The highest BCUT2D eigenvalue weighted by molar-refractivity contribution is 5.97. The molecule has 4 nitrogen and oxygen atoms in total. The second-order valence-corrected chi connectivity index (χ2v) is 5.32. The monoisotopic (exact) mass is 258 g/mol. The zero-order valence-corrected chi connectivity index (χ0v) is 11.1. The van der Waals surface area contributed by atoms with E-state index in [9.17, 15) is 9.59 Å². The van der Waals surface area contributed by atoms with Crippen molar-refractivity contribution in [3.05, 3.63) is 35.9 Å². The first-order chi connectivity index (χ1) is 9.18. The van der Waals surface area contributed by atoms with E-state index in [0.29, 0.717) is 6.54 Å². The van der Waals surface area contributed by atoms with Gasteiger partial charge >= 0.3 is 0 Å². The van der Waals surface area contributed by atoms with Crippen LogP contribution in [0.5, 0.6) is 0 Å². The number of nitrogens with zero attached hydrogens (tertiary/aromatic N) is 2. The van der Waals surface area contributed by atoms with E-state index >= 15 is 0 Å². The minimum absolute atomic E-state index is 0.0954. The third kappa shape index (κ3) is 2.01. The molecule has 2 atom stereocenters. The van der Waals surface area contributed by atoms with Crippen LogP contribution in [-0.4, -0.2) is 40.2 Å². The highest BCUT2D eigenvalue weighted by Crippen LogP contribution is 2.27. The van der Waals surface area contributed by atoms with Crippen molar-refractivity contribution < 1.29 is 9.59 Å². The van der Waals surface area contributed by atoms with Gasteiger partial charge in [0.05, 0.1) is 0 Å². The molecule has 1 aromatic rings. The maximum absolute atomic E-state index is 12.5. The molecule has 3 rings (SSSR count). The van der Waals surface area contributed by atoms with E-state index in [4.69, 9.17) is 0 Å². The van der Waals surface area contributed by atoms with Gasteiger partial charge in [0.25, 0.3) is 0 Å². The molecule has 0 spiro atoms. The molecule has 19 heavy (non-hydrogen) atoms. The smallest absolute Gasteiger partial charge is 0.246 e. The van der Waals surface area contributed by atoms with Gasteiger partial charge in [-0.2, -0.15) is 0 Å². The van der Waals surface area contributed by atoms with Gasteiger partial charge in [-0.25, -0.2) is 0 Å². The average molecular weight is 258 g/mol. The molecular weight excluding hydrogens is 240 g/mol. The maximum Gasteiger partial charge on any atom is 0.246 e. The Hall–Kier alpha value is -1.84. The highest BCUT2D eigenvalue weighted by Gasteiger charge is 2.45. The molecule has 100 valence electrons. The third-order valence-electron chi connectivity index (χ3n) is 4.12. The molecule has 0 N–H and O–H groups in total. The van der Waals surface area contributed by atoms with Crippen molar-refractivity contribution in [3.8, 4) is 0 Å². The number of hydrogen-bond acceptors (Lipinski definition) is 2. The van der Waals surface area contributed by atoms with Gasteiger partial charge in [-0.1, -0.05) is 30.3 Å². The van der Waals surface area contributed by atoms with Crippen LogP contribution < -0.4 is 0 Å². The molecule has 0 bridgehead atoms. The molecule has 2 aliphatic rings. The molecule has 4 heteroatoms. The van der Waals surface area contributed by atoms with Crippen LogP contribution in [0.25, 0.3) is 0 Å². The van der Waals surface area contributed by atoms with Crippen LogP contribution in [0.1, 0.15) is 25.3 Å². The van der Waals surface area contributed by atoms with Crippen LogP contribution in [0.4, 0.5) is 0 Å². The molecule has 0 aromatic heterocycles. The Morgan fingerprint density at radius 2 is 1.89 bits per heavy atom. The molecule has 0 saturated carbocycles. The van der Waals surface area contributed by atoms with Crippen LogP contribution in [0, 0.1) is 0 Å². The van der Waals surface area contributed by atoms with Crippen molar-refractivity contribution in [3.63, 3.8) is 0 Å². The molecule has 2 saturated heterocycles. The maximum atomic E-state index is 12.5. The number of benzene rings is 1. The third-order valence-corrected chi connectivity index (χ3v) is 4.12. The SMILES string of the molecule is CC1C(=O)N2CCCC2C(=O)N1Cc1ccccc1. The van der Waals surface area contributed by atoms with E-state index in [2.05, 4.69) is 0 Å². The molecule has 2 aliphatic heterocycles. The summed E-state index contributed by atoms with van der Waals surface area (Å²) in [5, 5.41) is 0. The van der Waals surface area contributed by atoms with E-state index in [1.165, 1.54) is 0 Å². The fraction of sp³-hybridized carbons (Fsp3) is 0.467. The molecule has 2 amide bonds. The summed E-state index contributed by atoms with van der Waals surface area (Å²) >= 11 is 0. The van der Waals surface area contributed by atoms with Gasteiger partial charge in [0.2, 0.25) is 11.8 Å².